The number of nitrogens with zero attached hydrogens (tertiary/aromatic N) is 3. The van der Waals surface area contributed by atoms with Gasteiger partial charge in [-0.1, -0.05) is 0 Å². The zero-order valence-corrected chi connectivity index (χ0v) is 8.46. The zero-order chi connectivity index (χ0) is 9.78. The van der Waals surface area contributed by atoms with Crippen LogP contribution in [0.4, 0.5) is 0 Å². The first-order valence-corrected chi connectivity index (χ1v) is 5.17. The van der Waals surface area contributed by atoms with Gasteiger partial charge in [-0.3, -0.25) is 4.99 Å². The van der Waals surface area contributed by atoms with Crippen LogP contribution >= 0.6 is 0 Å². The average molecular weight is 191 g/mol. The molecule has 0 aliphatic heterocycles. The molecule has 0 aromatic heterocycles. The number of hydrogen-bond acceptors (Lipinski definition) is 3. The maximum atomic E-state index is 11.0. The molecule has 0 atom stereocenters. The Labute approximate surface area is 72.9 Å². The van der Waals surface area contributed by atoms with Gasteiger partial charge in [-0.05, 0) is 6.92 Å². The second-order valence-electron chi connectivity index (χ2n) is 2.14. The van der Waals surface area contributed by atoms with Crippen LogP contribution < -0.4 is 0 Å². The fourth-order valence-electron chi connectivity index (χ4n) is 0.544. The van der Waals surface area contributed by atoms with Crippen molar-refractivity contribution in [1.82, 2.24) is 4.31 Å². The van der Waals surface area contributed by atoms with E-state index in [2.05, 4.69) is 9.98 Å². The van der Waals surface area contributed by atoms with E-state index in [1.165, 1.54) is 20.3 Å². The van der Waals surface area contributed by atoms with Gasteiger partial charge in [0.25, 0.3) is 0 Å². The minimum Gasteiger partial charge on any atom is -0.254 e. The van der Waals surface area contributed by atoms with E-state index < -0.39 is 10.0 Å². The Bertz CT molecular complexity index is 292. The van der Waals surface area contributed by atoms with Crippen LogP contribution in [0.5, 0.6) is 0 Å². The fourth-order valence-corrected chi connectivity index (χ4v) is 0.969. The van der Waals surface area contributed by atoms with Crippen LogP contribution in [0.3, 0.4) is 0 Å². The Balaban J connectivity index is 4.80. The molecule has 0 aromatic rings. The highest BCUT2D eigenvalue weighted by Gasteiger charge is 2.13. The number of rotatable bonds is 1. The van der Waals surface area contributed by atoms with E-state index in [0.29, 0.717) is 0 Å². The molecule has 6 heteroatoms. The molecule has 0 aliphatic rings. The third kappa shape index (κ3) is 3.00. The Morgan fingerprint density at radius 3 is 2.25 bits per heavy atom. The van der Waals surface area contributed by atoms with Crippen LogP contribution in [0.25, 0.3) is 0 Å². The van der Waals surface area contributed by atoms with Gasteiger partial charge in [0.1, 0.15) is 0 Å². The number of aliphatic imine (C=N–C) groups is 2. The molecule has 5 nitrogen and oxygen atoms in total. The number of guanidine groups is 1. The Kier molecular flexibility index (Phi) is 3.88. The molecule has 0 radical (unpaired) electrons. The first kappa shape index (κ1) is 11.1. The van der Waals surface area contributed by atoms with Crippen molar-refractivity contribution in [3.8, 4) is 0 Å². The van der Waals surface area contributed by atoms with E-state index in [4.69, 9.17) is 0 Å². The highest BCUT2D eigenvalue weighted by atomic mass is 32.2. The lowest BCUT2D eigenvalue weighted by molar-refractivity contribution is 0.558. The molecule has 0 amide bonds. The maximum Gasteiger partial charge on any atom is 0.234 e. The zero-order valence-electron chi connectivity index (χ0n) is 7.64. The highest BCUT2D eigenvalue weighted by Crippen LogP contribution is 1.96. The smallest absolute Gasteiger partial charge is 0.234 e. The summed E-state index contributed by atoms with van der Waals surface area (Å²) in [6.07, 6.45) is 2.59. The molecular formula is C6H13N3O2S. The Morgan fingerprint density at radius 1 is 1.50 bits per heavy atom. The molecule has 0 saturated heterocycles. The summed E-state index contributed by atoms with van der Waals surface area (Å²) >= 11 is 0. The normalized spacial score (nSPS) is 13.8. The van der Waals surface area contributed by atoms with Gasteiger partial charge in [0, 0.05) is 20.3 Å². The topological polar surface area (TPSA) is 62.1 Å². The Morgan fingerprint density at radius 2 is 2.00 bits per heavy atom. The molecular weight excluding hydrogens is 178 g/mol. The molecule has 70 valence electrons. The number of hydrogen-bond donors (Lipinski definition) is 0. The Hall–Kier alpha value is -0.910. The lowest BCUT2D eigenvalue weighted by Crippen LogP contribution is -2.31. The highest BCUT2D eigenvalue weighted by molar-refractivity contribution is 7.88. The van der Waals surface area contributed by atoms with Gasteiger partial charge in [-0.25, -0.2) is 17.7 Å². The van der Waals surface area contributed by atoms with Crippen molar-refractivity contribution >= 4 is 22.2 Å². The monoisotopic (exact) mass is 191 g/mol. The summed E-state index contributed by atoms with van der Waals surface area (Å²) in [5, 5.41) is 0. The van der Waals surface area contributed by atoms with Crippen LogP contribution in [0.1, 0.15) is 6.92 Å². The maximum absolute atomic E-state index is 11.0. The van der Waals surface area contributed by atoms with Gasteiger partial charge >= 0.3 is 0 Å². The largest absolute Gasteiger partial charge is 0.254 e. The molecule has 0 aliphatic carbocycles. The summed E-state index contributed by atoms with van der Waals surface area (Å²) in [5.74, 6) is 0.181. The van der Waals surface area contributed by atoms with Gasteiger partial charge in [-0.15, -0.1) is 0 Å². The van der Waals surface area contributed by atoms with E-state index in [-0.39, 0.29) is 5.96 Å². The summed E-state index contributed by atoms with van der Waals surface area (Å²) in [7, 11) is -0.350. The second-order valence-corrected chi connectivity index (χ2v) is 4.16. The van der Waals surface area contributed by atoms with Gasteiger partial charge < -0.3 is 0 Å². The molecule has 0 rings (SSSR count). The van der Waals surface area contributed by atoms with Crippen molar-refractivity contribution in [2.45, 2.75) is 6.92 Å². The van der Waals surface area contributed by atoms with Gasteiger partial charge in [-0.2, -0.15) is 0 Å². The summed E-state index contributed by atoms with van der Waals surface area (Å²) in [6, 6.07) is 0. The summed E-state index contributed by atoms with van der Waals surface area (Å²) in [6.45, 7) is 1.70. The number of sulfonamides is 1. The minimum absolute atomic E-state index is 0.181. The lowest BCUT2D eigenvalue weighted by Gasteiger charge is -2.13. The third-order valence-corrected chi connectivity index (χ3v) is 2.38. The quantitative estimate of drug-likeness (QED) is 0.431. The van der Waals surface area contributed by atoms with Gasteiger partial charge in [0.2, 0.25) is 16.0 Å². The SMILES string of the molecule is C/C=N\C(=NC)N(C)S(C)(=O)=O. The predicted molar refractivity (Wildman–Crippen MR) is 50.1 cm³/mol. The molecule has 0 fully saturated rings. The van der Waals surface area contributed by atoms with Crippen molar-refractivity contribution in [3.05, 3.63) is 0 Å². The van der Waals surface area contributed by atoms with Crippen LogP contribution in [0.15, 0.2) is 9.98 Å². The van der Waals surface area contributed by atoms with E-state index in [9.17, 15) is 8.42 Å². The molecule has 0 saturated carbocycles. The molecule has 0 aromatic carbocycles. The first-order chi connectivity index (χ1) is 5.43. The van der Waals surface area contributed by atoms with Crippen LogP contribution in [-0.2, 0) is 10.0 Å². The minimum atomic E-state index is -3.25. The lowest BCUT2D eigenvalue weighted by atomic mass is 10.8. The summed E-state index contributed by atoms with van der Waals surface area (Å²) < 4.78 is 23.0. The standard InChI is InChI=1S/C6H13N3O2S/c1-5-8-6(7-2)9(3)12(4,10)11/h5H,1-4H3/b7-6?,8-5-. The second kappa shape index (κ2) is 4.20. The molecule has 0 bridgehead atoms. The average Bonchev–Trinajstić information content (AvgIpc) is 1.97. The van der Waals surface area contributed by atoms with E-state index in [1.54, 1.807) is 6.92 Å². The molecule has 0 N–H and O–H groups in total. The predicted octanol–water partition coefficient (Wildman–Crippen LogP) is -0.0457. The fraction of sp³-hybridized carbons (Fsp3) is 0.667. The molecule has 0 spiro atoms. The van der Waals surface area contributed by atoms with Crippen LogP contribution in [-0.4, -0.2) is 45.2 Å². The first-order valence-electron chi connectivity index (χ1n) is 3.32. The van der Waals surface area contributed by atoms with E-state index >= 15 is 0 Å². The van der Waals surface area contributed by atoms with Crippen LogP contribution in [0.2, 0.25) is 0 Å². The summed E-state index contributed by atoms with van der Waals surface area (Å²) in [5.41, 5.74) is 0. The van der Waals surface area contributed by atoms with Crippen molar-refractivity contribution in [2.75, 3.05) is 20.4 Å². The van der Waals surface area contributed by atoms with E-state index in [1.807, 2.05) is 0 Å². The van der Waals surface area contributed by atoms with Crippen molar-refractivity contribution in [1.29, 1.82) is 0 Å². The van der Waals surface area contributed by atoms with Gasteiger partial charge in [0.05, 0.1) is 6.26 Å². The van der Waals surface area contributed by atoms with Crippen LogP contribution in [0, 0.1) is 0 Å². The van der Waals surface area contributed by atoms with Crippen molar-refractivity contribution in [2.24, 2.45) is 9.98 Å². The van der Waals surface area contributed by atoms with E-state index in [0.717, 1.165) is 10.6 Å². The molecule has 12 heavy (non-hydrogen) atoms. The molecule has 0 heterocycles. The van der Waals surface area contributed by atoms with Crippen molar-refractivity contribution in [3.63, 3.8) is 0 Å². The van der Waals surface area contributed by atoms with Gasteiger partial charge in [0.15, 0.2) is 0 Å². The van der Waals surface area contributed by atoms with Crippen molar-refractivity contribution < 1.29 is 8.42 Å². The molecule has 0 unspecified atom stereocenters. The summed E-state index contributed by atoms with van der Waals surface area (Å²) in [4.78, 5) is 7.49. The third-order valence-electron chi connectivity index (χ3n) is 1.22.